The largest absolute Gasteiger partial charge is 0.368 e. The fourth-order valence-corrected chi connectivity index (χ4v) is 2.36. The van der Waals surface area contributed by atoms with E-state index in [9.17, 15) is 19.2 Å². The molecule has 0 saturated heterocycles. The molecule has 0 aliphatic rings. The van der Waals surface area contributed by atoms with Gasteiger partial charge in [-0.05, 0) is 32.9 Å². The average Bonchev–Trinajstić information content (AvgIpc) is 2.65. The predicted molar refractivity (Wildman–Crippen MR) is 107 cm³/mol. The van der Waals surface area contributed by atoms with Crippen molar-refractivity contribution >= 4 is 23.6 Å². The van der Waals surface area contributed by atoms with E-state index in [1.807, 2.05) is 6.92 Å². The van der Waals surface area contributed by atoms with Gasteiger partial charge in [-0.15, -0.1) is 0 Å². The number of carbonyl (C=O) groups excluding carboxylic acids is 4. The van der Waals surface area contributed by atoms with Crippen molar-refractivity contribution in [2.24, 2.45) is 5.73 Å². The van der Waals surface area contributed by atoms with Crippen molar-refractivity contribution in [3.05, 3.63) is 0 Å². The summed E-state index contributed by atoms with van der Waals surface area (Å²) >= 11 is 0. The number of hydrogen-bond acceptors (Lipinski definition) is 6. The Bertz CT molecular complexity index is 487. The van der Waals surface area contributed by atoms with E-state index in [0.717, 1.165) is 6.54 Å². The van der Waals surface area contributed by atoms with Gasteiger partial charge in [0.15, 0.2) is 0 Å². The summed E-state index contributed by atoms with van der Waals surface area (Å²) in [7, 11) is 1.75. The molecule has 10 heteroatoms. The molecule has 0 bridgehead atoms. The first-order valence-corrected chi connectivity index (χ1v) is 9.88. The number of primary amides is 1. The fraction of sp³-hybridized carbons (Fsp3) is 0.778. The van der Waals surface area contributed by atoms with Crippen LogP contribution in [0.2, 0.25) is 0 Å². The van der Waals surface area contributed by atoms with Crippen LogP contribution in [0.25, 0.3) is 0 Å². The summed E-state index contributed by atoms with van der Waals surface area (Å²) in [6.07, 6.45) is 2.59. The van der Waals surface area contributed by atoms with E-state index in [-0.39, 0.29) is 30.7 Å². The quantitative estimate of drug-likeness (QED) is 0.161. The van der Waals surface area contributed by atoms with Crippen LogP contribution in [0, 0.1) is 0 Å². The molecular weight excluding hydrogens is 364 g/mol. The minimum Gasteiger partial charge on any atom is -0.368 e. The Morgan fingerprint density at radius 2 is 1.43 bits per heavy atom. The molecule has 0 fully saturated rings. The first kappa shape index (κ1) is 25.8. The summed E-state index contributed by atoms with van der Waals surface area (Å²) in [6, 6.07) is -0.753. The van der Waals surface area contributed by atoms with Crippen LogP contribution >= 0.6 is 0 Å². The van der Waals surface area contributed by atoms with Crippen LogP contribution in [-0.4, -0.2) is 69.4 Å². The summed E-state index contributed by atoms with van der Waals surface area (Å²) in [6.45, 7) is 4.75. The van der Waals surface area contributed by atoms with Gasteiger partial charge in [-0.25, -0.2) is 0 Å². The zero-order valence-electron chi connectivity index (χ0n) is 17.1. The summed E-state index contributed by atoms with van der Waals surface area (Å²) in [5.74, 6) is -1.09. The molecule has 7 N–H and O–H groups in total. The maximum Gasteiger partial charge on any atom is 0.239 e. The second-order valence-corrected chi connectivity index (χ2v) is 6.43. The van der Waals surface area contributed by atoms with E-state index in [1.54, 1.807) is 7.05 Å². The molecule has 1 unspecified atom stereocenters. The molecule has 0 rings (SSSR count). The van der Waals surface area contributed by atoms with Gasteiger partial charge in [0.2, 0.25) is 23.6 Å². The van der Waals surface area contributed by atoms with Crippen LogP contribution in [0.1, 0.15) is 45.4 Å². The summed E-state index contributed by atoms with van der Waals surface area (Å²) in [5, 5.41) is 14.0. The SMILES string of the molecule is CCNCCC(=O)NCCCCC(NC(=O)CCNC(=O)CCNC)C(N)=O. The van der Waals surface area contributed by atoms with Crippen molar-refractivity contribution in [3.63, 3.8) is 0 Å². The topological polar surface area (TPSA) is 154 Å². The average molecular weight is 401 g/mol. The minimum atomic E-state index is -0.753. The maximum atomic E-state index is 11.9. The van der Waals surface area contributed by atoms with E-state index in [1.165, 1.54) is 0 Å². The summed E-state index contributed by atoms with van der Waals surface area (Å²) in [4.78, 5) is 46.4. The van der Waals surface area contributed by atoms with E-state index >= 15 is 0 Å². The van der Waals surface area contributed by atoms with Crippen LogP contribution in [0.3, 0.4) is 0 Å². The lowest BCUT2D eigenvalue weighted by molar-refractivity contribution is -0.127. The van der Waals surface area contributed by atoms with Crippen LogP contribution < -0.4 is 32.3 Å². The number of amides is 4. The molecule has 1 atom stereocenters. The Hall–Kier alpha value is -2.20. The van der Waals surface area contributed by atoms with Crippen LogP contribution in [0.15, 0.2) is 0 Å². The molecule has 0 aliphatic carbocycles. The highest BCUT2D eigenvalue weighted by atomic mass is 16.2. The van der Waals surface area contributed by atoms with Crippen molar-refractivity contribution in [2.45, 2.75) is 51.5 Å². The number of hydrogen-bond donors (Lipinski definition) is 6. The molecule has 0 aromatic rings. The molecule has 4 amide bonds. The van der Waals surface area contributed by atoms with E-state index in [4.69, 9.17) is 5.73 Å². The molecule has 10 nitrogen and oxygen atoms in total. The highest BCUT2D eigenvalue weighted by Crippen LogP contribution is 2.01. The molecule has 0 heterocycles. The lowest BCUT2D eigenvalue weighted by Crippen LogP contribution is -2.45. The van der Waals surface area contributed by atoms with Gasteiger partial charge in [-0.1, -0.05) is 6.92 Å². The molecule has 0 spiro atoms. The van der Waals surface area contributed by atoms with Crippen molar-refractivity contribution in [1.29, 1.82) is 0 Å². The molecule has 162 valence electrons. The van der Waals surface area contributed by atoms with Gasteiger partial charge in [0.25, 0.3) is 0 Å². The normalized spacial score (nSPS) is 11.5. The standard InChI is InChI=1S/C18H36N6O4/c1-3-21-12-8-16(26)22-10-5-4-6-14(18(19)28)24-17(27)9-13-23-15(25)7-11-20-2/h14,20-21H,3-13H2,1-2H3,(H2,19,28)(H,22,26)(H,23,25)(H,24,27). The van der Waals surface area contributed by atoms with Crippen molar-refractivity contribution in [2.75, 3.05) is 39.8 Å². The molecule has 0 radical (unpaired) electrons. The van der Waals surface area contributed by atoms with Crippen molar-refractivity contribution in [1.82, 2.24) is 26.6 Å². The third-order valence-electron chi connectivity index (χ3n) is 3.98. The van der Waals surface area contributed by atoms with E-state index in [0.29, 0.717) is 51.7 Å². The van der Waals surface area contributed by atoms with Gasteiger partial charge in [-0.3, -0.25) is 19.2 Å². The molecule has 0 aromatic carbocycles. The van der Waals surface area contributed by atoms with Gasteiger partial charge in [0, 0.05) is 45.4 Å². The monoisotopic (exact) mass is 400 g/mol. The molecule has 0 saturated carbocycles. The second-order valence-electron chi connectivity index (χ2n) is 6.43. The Labute approximate surface area is 167 Å². The number of rotatable bonds is 17. The minimum absolute atomic E-state index is 0.0162. The predicted octanol–water partition coefficient (Wildman–Crippen LogP) is -1.64. The van der Waals surface area contributed by atoms with Gasteiger partial charge < -0.3 is 32.3 Å². The third kappa shape index (κ3) is 14.9. The van der Waals surface area contributed by atoms with Gasteiger partial charge in [-0.2, -0.15) is 0 Å². The highest BCUT2D eigenvalue weighted by Gasteiger charge is 2.17. The van der Waals surface area contributed by atoms with E-state index in [2.05, 4.69) is 26.6 Å². The first-order chi connectivity index (χ1) is 13.4. The molecule has 0 aliphatic heterocycles. The zero-order valence-corrected chi connectivity index (χ0v) is 17.1. The van der Waals surface area contributed by atoms with Crippen LogP contribution in [0.4, 0.5) is 0 Å². The first-order valence-electron chi connectivity index (χ1n) is 9.88. The Morgan fingerprint density at radius 3 is 2.04 bits per heavy atom. The lowest BCUT2D eigenvalue weighted by Gasteiger charge is -2.15. The fourth-order valence-electron chi connectivity index (χ4n) is 2.36. The Balaban J connectivity index is 3.93. The lowest BCUT2D eigenvalue weighted by atomic mass is 10.1. The number of unbranched alkanes of at least 4 members (excludes halogenated alkanes) is 1. The highest BCUT2D eigenvalue weighted by molar-refractivity contribution is 5.86. The van der Waals surface area contributed by atoms with E-state index < -0.39 is 11.9 Å². The van der Waals surface area contributed by atoms with Crippen LogP contribution in [0.5, 0.6) is 0 Å². The Morgan fingerprint density at radius 1 is 0.821 bits per heavy atom. The molecular formula is C18H36N6O4. The second kappa shape index (κ2) is 16.9. The molecule has 28 heavy (non-hydrogen) atoms. The maximum absolute atomic E-state index is 11.9. The molecule has 0 aromatic heterocycles. The van der Waals surface area contributed by atoms with Gasteiger partial charge >= 0.3 is 0 Å². The number of nitrogens with two attached hydrogens (primary N) is 1. The Kier molecular flexibility index (Phi) is 15.6. The van der Waals surface area contributed by atoms with Crippen molar-refractivity contribution < 1.29 is 19.2 Å². The third-order valence-corrected chi connectivity index (χ3v) is 3.98. The van der Waals surface area contributed by atoms with Gasteiger partial charge in [0.05, 0.1) is 0 Å². The zero-order chi connectivity index (χ0) is 21.2. The van der Waals surface area contributed by atoms with Gasteiger partial charge in [0.1, 0.15) is 6.04 Å². The number of carbonyl (C=O) groups is 4. The summed E-state index contributed by atoms with van der Waals surface area (Å²) in [5.41, 5.74) is 5.34. The smallest absolute Gasteiger partial charge is 0.239 e. The van der Waals surface area contributed by atoms with Crippen LogP contribution in [-0.2, 0) is 19.2 Å². The summed E-state index contributed by atoms with van der Waals surface area (Å²) < 4.78 is 0. The van der Waals surface area contributed by atoms with Crippen molar-refractivity contribution in [3.8, 4) is 0 Å². The number of nitrogens with one attached hydrogen (secondary N) is 5.